The molecule has 3 heterocycles. The third-order valence-electron chi connectivity index (χ3n) is 8.16. The number of aryl methyl sites for hydroxylation is 1. The number of ketones is 1. The number of likely N-dealkylation sites (tertiary alicyclic amines) is 2. The number of hydrogen-bond acceptors (Lipinski definition) is 8. The van der Waals surface area contributed by atoms with Gasteiger partial charge in [-0.3, -0.25) is 19.2 Å². The highest BCUT2D eigenvalue weighted by Crippen LogP contribution is 2.25. The molecule has 2 aliphatic heterocycles. The summed E-state index contributed by atoms with van der Waals surface area (Å²) in [5.74, 6) is -0.410. The molecule has 1 aromatic heterocycles. The van der Waals surface area contributed by atoms with E-state index in [4.69, 9.17) is 4.42 Å². The maximum atomic E-state index is 13.9. The quantitative estimate of drug-likeness (QED) is 0.210. The summed E-state index contributed by atoms with van der Waals surface area (Å²) < 4.78 is 5.70. The summed E-state index contributed by atoms with van der Waals surface area (Å²) in [5.41, 5.74) is 1.48. The zero-order valence-electron chi connectivity index (χ0n) is 25.9. The van der Waals surface area contributed by atoms with Crippen LogP contribution in [0.1, 0.15) is 58.6 Å². The Morgan fingerprint density at radius 2 is 1.73 bits per heavy atom. The number of Topliss-reactive ketones (excluding diaryl/α,β-unsaturated/α-hetero) is 1. The number of nitriles is 1. The first-order valence-electron chi connectivity index (χ1n) is 15.3. The van der Waals surface area contributed by atoms with Gasteiger partial charge in [-0.05, 0) is 75.4 Å². The number of furan rings is 1. The monoisotopic (exact) mass is 610 g/mol. The molecule has 2 saturated heterocycles. The summed E-state index contributed by atoms with van der Waals surface area (Å²) >= 11 is 0. The Balaban J connectivity index is 1.49. The molecule has 234 valence electrons. The number of benzene rings is 2. The molecule has 1 atom stereocenters. The summed E-state index contributed by atoms with van der Waals surface area (Å²) in [6, 6.07) is 14.7. The molecule has 0 radical (unpaired) electrons. The minimum atomic E-state index is -0.779. The Kier molecular flexibility index (Phi) is 9.52. The Labute approximate surface area is 262 Å². The summed E-state index contributed by atoms with van der Waals surface area (Å²) in [6.07, 6.45) is 3.83. The minimum Gasteiger partial charge on any atom is -0.461 e. The van der Waals surface area contributed by atoms with Crippen LogP contribution in [0, 0.1) is 18.3 Å². The van der Waals surface area contributed by atoms with E-state index < -0.39 is 11.8 Å². The van der Waals surface area contributed by atoms with Crippen LogP contribution in [0.4, 0.5) is 5.69 Å². The lowest BCUT2D eigenvalue weighted by Gasteiger charge is -2.28. The molecule has 11 heteroatoms. The standard InChI is InChI=1S/C34H38N6O5/c1-22-17-25-19-26(12-13-29(25)45-22)36-32(27(20-35)31(42)23-9-8-10-24(18-23)33(43)38(2)3)37-28-11-4-5-16-40(34(28)44)21-30(41)39-14-6-7-15-39/h8-10,12-13,17-19,28,36-37H,4-7,11,14-16,21H2,1-3H3/b32-27+/t28-/m0/s1. The van der Waals surface area contributed by atoms with Gasteiger partial charge in [-0.15, -0.1) is 0 Å². The van der Waals surface area contributed by atoms with Crippen molar-refractivity contribution in [3.8, 4) is 6.07 Å². The molecule has 2 N–H and O–H groups in total. The van der Waals surface area contributed by atoms with Crippen LogP contribution in [0.5, 0.6) is 0 Å². The number of rotatable bonds is 9. The van der Waals surface area contributed by atoms with E-state index in [9.17, 15) is 24.4 Å². The molecule has 3 aromatic rings. The number of amides is 3. The lowest BCUT2D eigenvalue weighted by molar-refractivity contribution is -0.140. The zero-order chi connectivity index (χ0) is 32.1. The zero-order valence-corrected chi connectivity index (χ0v) is 25.9. The van der Waals surface area contributed by atoms with Crippen molar-refractivity contribution in [1.29, 1.82) is 5.26 Å². The molecule has 45 heavy (non-hydrogen) atoms. The van der Waals surface area contributed by atoms with E-state index in [1.807, 2.05) is 25.1 Å². The largest absolute Gasteiger partial charge is 0.461 e. The van der Waals surface area contributed by atoms with E-state index in [-0.39, 0.29) is 41.2 Å². The Hall–Kier alpha value is -5.11. The van der Waals surface area contributed by atoms with Crippen LogP contribution >= 0.6 is 0 Å². The second-order valence-electron chi connectivity index (χ2n) is 11.7. The highest BCUT2D eigenvalue weighted by atomic mass is 16.3. The number of fused-ring (bicyclic) bond motifs is 1. The molecule has 5 rings (SSSR count). The van der Waals surface area contributed by atoms with Crippen LogP contribution in [0.15, 0.2) is 64.3 Å². The van der Waals surface area contributed by atoms with Gasteiger partial charge >= 0.3 is 0 Å². The van der Waals surface area contributed by atoms with Crippen molar-refractivity contribution >= 4 is 40.2 Å². The van der Waals surface area contributed by atoms with Crippen molar-refractivity contribution in [2.45, 2.75) is 45.1 Å². The lowest BCUT2D eigenvalue weighted by atomic mass is 10.0. The fraction of sp³-hybridized carbons (Fsp3) is 0.382. The predicted molar refractivity (Wildman–Crippen MR) is 169 cm³/mol. The highest BCUT2D eigenvalue weighted by molar-refractivity contribution is 6.13. The number of carbonyl (C=O) groups excluding carboxylic acids is 4. The van der Waals surface area contributed by atoms with Crippen LogP contribution in [0.25, 0.3) is 11.0 Å². The number of anilines is 1. The molecule has 0 spiro atoms. The maximum absolute atomic E-state index is 13.9. The number of carbonyl (C=O) groups is 4. The second-order valence-corrected chi connectivity index (χ2v) is 11.7. The molecule has 2 aromatic carbocycles. The van der Waals surface area contributed by atoms with Gasteiger partial charge in [-0.25, -0.2) is 0 Å². The summed E-state index contributed by atoms with van der Waals surface area (Å²) in [6.45, 7) is 3.70. The third kappa shape index (κ3) is 7.17. The van der Waals surface area contributed by atoms with Crippen LogP contribution < -0.4 is 10.6 Å². The molecule has 2 aliphatic rings. The highest BCUT2D eigenvalue weighted by Gasteiger charge is 2.32. The fourth-order valence-corrected chi connectivity index (χ4v) is 5.79. The molecule has 0 aliphatic carbocycles. The first-order chi connectivity index (χ1) is 21.6. The third-order valence-corrected chi connectivity index (χ3v) is 8.16. The molecule has 0 saturated carbocycles. The van der Waals surface area contributed by atoms with E-state index in [0.717, 1.165) is 36.8 Å². The van der Waals surface area contributed by atoms with Crippen molar-refractivity contribution in [3.05, 3.63) is 76.8 Å². The van der Waals surface area contributed by atoms with E-state index in [2.05, 4.69) is 10.6 Å². The summed E-state index contributed by atoms with van der Waals surface area (Å²) in [4.78, 5) is 58.0. The van der Waals surface area contributed by atoms with Gasteiger partial charge < -0.3 is 29.8 Å². The van der Waals surface area contributed by atoms with Crippen molar-refractivity contribution < 1.29 is 23.6 Å². The van der Waals surface area contributed by atoms with Gasteiger partial charge in [0.2, 0.25) is 17.6 Å². The Bertz CT molecular complexity index is 1690. The predicted octanol–water partition coefficient (Wildman–Crippen LogP) is 4.07. The molecule has 11 nitrogen and oxygen atoms in total. The number of allylic oxidation sites excluding steroid dienone is 1. The van der Waals surface area contributed by atoms with Crippen LogP contribution in [-0.2, 0) is 9.59 Å². The molecule has 2 fully saturated rings. The van der Waals surface area contributed by atoms with Gasteiger partial charge in [0.15, 0.2) is 0 Å². The van der Waals surface area contributed by atoms with Gasteiger partial charge in [-0.1, -0.05) is 12.1 Å². The van der Waals surface area contributed by atoms with Gasteiger partial charge in [0, 0.05) is 55.9 Å². The lowest BCUT2D eigenvalue weighted by Crippen LogP contribution is -2.49. The number of nitrogens with zero attached hydrogens (tertiary/aromatic N) is 4. The minimum absolute atomic E-state index is 0.00324. The first kappa shape index (κ1) is 31.3. The topological polar surface area (TPSA) is 139 Å². The fourth-order valence-electron chi connectivity index (χ4n) is 5.79. The Morgan fingerprint density at radius 1 is 1.00 bits per heavy atom. The van der Waals surface area contributed by atoms with Gasteiger partial charge in [0.25, 0.3) is 5.91 Å². The molecular formula is C34H38N6O5. The summed E-state index contributed by atoms with van der Waals surface area (Å²) in [7, 11) is 3.24. The van der Waals surface area contributed by atoms with E-state index in [1.165, 1.54) is 11.0 Å². The molecule has 0 bridgehead atoms. The van der Waals surface area contributed by atoms with Gasteiger partial charge in [-0.2, -0.15) is 5.26 Å². The number of nitrogens with one attached hydrogen (secondary N) is 2. The molecule has 3 amide bonds. The van der Waals surface area contributed by atoms with Gasteiger partial charge in [0.1, 0.15) is 34.8 Å². The van der Waals surface area contributed by atoms with Gasteiger partial charge in [0.05, 0.1) is 6.54 Å². The van der Waals surface area contributed by atoms with Crippen LogP contribution in [0.3, 0.4) is 0 Å². The number of hydrogen-bond donors (Lipinski definition) is 2. The van der Waals surface area contributed by atoms with E-state index >= 15 is 0 Å². The molecule has 0 unspecified atom stereocenters. The van der Waals surface area contributed by atoms with Crippen molar-refractivity contribution in [2.24, 2.45) is 0 Å². The SMILES string of the molecule is Cc1cc2cc(N/C(N[C@H]3CCCCN(CC(=O)N4CCCC4)C3=O)=C(/C#N)C(=O)c3cccc(C(=O)N(C)C)c3)ccc2o1. The second kappa shape index (κ2) is 13.7. The average Bonchev–Trinajstić information content (AvgIpc) is 3.67. The first-order valence-corrected chi connectivity index (χ1v) is 15.3. The molecular weight excluding hydrogens is 572 g/mol. The van der Waals surface area contributed by atoms with Crippen LogP contribution in [-0.4, -0.2) is 84.5 Å². The smallest absolute Gasteiger partial charge is 0.253 e. The van der Waals surface area contributed by atoms with Crippen molar-refractivity contribution in [2.75, 3.05) is 45.6 Å². The van der Waals surface area contributed by atoms with E-state index in [0.29, 0.717) is 42.9 Å². The van der Waals surface area contributed by atoms with Crippen molar-refractivity contribution in [3.63, 3.8) is 0 Å². The maximum Gasteiger partial charge on any atom is 0.253 e. The Morgan fingerprint density at radius 3 is 2.47 bits per heavy atom. The van der Waals surface area contributed by atoms with E-state index in [1.54, 1.807) is 54.2 Å². The summed E-state index contributed by atoms with van der Waals surface area (Å²) in [5, 5.41) is 17.6. The van der Waals surface area contributed by atoms with Crippen LogP contribution in [0.2, 0.25) is 0 Å². The van der Waals surface area contributed by atoms with Crippen molar-refractivity contribution in [1.82, 2.24) is 20.0 Å². The normalized spacial score (nSPS) is 17.4. The average molecular weight is 611 g/mol.